The minimum absolute atomic E-state index is 0.0382. The molecular weight excluding hydrogens is 448 g/mol. The highest BCUT2D eigenvalue weighted by Crippen LogP contribution is 2.24. The quantitative estimate of drug-likeness (QED) is 0.353. The van der Waals surface area contributed by atoms with Crippen molar-refractivity contribution in [3.8, 4) is 11.4 Å². The van der Waals surface area contributed by atoms with E-state index in [1.807, 2.05) is 6.07 Å². The fourth-order valence-corrected chi connectivity index (χ4v) is 5.09. The Balaban J connectivity index is 1.20. The van der Waals surface area contributed by atoms with E-state index in [1.165, 1.54) is 10.5 Å². The first-order valence-corrected chi connectivity index (χ1v) is 12.2. The smallest absolute Gasteiger partial charge is 0.309 e. The number of esters is 1. The number of aryl methyl sites for hydroxylation is 3. The zero-order valence-corrected chi connectivity index (χ0v) is 19.4. The van der Waals surface area contributed by atoms with Crippen LogP contribution in [0.2, 0.25) is 0 Å². The van der Waals surface area contributed by atoms with Crippen molar-refractivity contribution in [2.45, 2.75) is 37.6 Å². The summed E-state index contributed by atoms with van der Waals surface area (Å²) < 4.78 is 39.2. The molecule has 4 heterocycles. The molecule has 0 unspecified atom stereocenters. The number of hydrogen-bond donors (Lipinski definition) is 0. The van der Waals surface area contributed by atoms with Gasteiger partial charge in [-0.1, -0.05) is 5.16 Å². The summed E-state index contributed by atoms with van der Waals surface area (Å²) in [6.45, 7) is 2.50. The van der Waals surface area contributed by atoms with Gasteiger partial charge in [-0.2, -0.15) is 9.29 Å². The van der Waals surface area contributed by atoms with Crippen LogP contribution in [-0.2, 0) is 33.0 Å². The Labute approximate surface area is 191 Å². The van der Waals surface area contributed by atoms with Crippen LogP contribution in [0.1, 0.15) is 31.0 Å². The predicted molar refractivity (Wildman–Crippen MR) is 116 cm³/mol. The lowest BCUT2D eigenvalue weighted by molar-refractivity contribution is -0.149. The number of ether oxygens (including phenoxy) is 1. The number of nitrogens with zero attached hydrogens (tertiary/aromatic N) is 6. The lowest BCUT2D eigenvalue weighted by Crippen LogP contribution is -2.40. The van der Waals surface area contributed by atoms with Crippen LogP contribution in [0, 0.1) is 12.8 Å². The molecule has 1 aliphatic heterocycles. The SMILES string of the molecule is Cc1nc(S(=O)(=O)N2CCC(C(=O)OCCCc3nc(-c4cccnc4)no3)CC2)cn1C. The number of aromatic nitrogens is 5. The van der Waals surface area contributed by atoms with Gasteiger partial charge in [0.1, 0.15) is 5.82 Å². The molecule has 1 aliphatic rings. The van der Waals surface area contributed by atoms with Gasteiger partial charge in [0.2, 0.25) is 11.7 Å². The van der Waals surface area contributed by atoms with Crippen LogP contribution in [0.25, 0.3) is 11.4 Å². The fraction of sp³-hybridized carbons (Fsp3) is 0.476. The molecule has 0 amide bonds. The van der Waals surface area contributed by atoms with Crippen LogP contribution in [0.15, 0.2) is 40.3 Å². The van der Waals surface area contributed by atoms with Gasteiger partial charge in [0, 0.05) is 50.7 Å². The summed E-state index contributed by atoms with van der Waals surface area (Å²) in [4.78, 5) is 24.9. The number of sulfonamides is 1. The highest BCUT2D eigenvalue weighted by molar-refractivity contribution is 7.89. The van der Waals surface area contributed by atoms with E-state index in [4.69, 9.17) is 9.26 Å². The molecule has 12 heteroatoms. The summed E-state index contributed by atoms with van der Waals surface area (Å²) in [5.74, 6) is 0.941. The average molecular weight is 475 g/mol. The second kappa shape index (κ2) is 9.79. The van der Waals surface area contributed by atoms with Gasteiger partial charge in [0.05, 0.1) is 12.5 Å². The Kier molecular flexibility index (Phi) is 6.84. The van der Waals surface area contributed by atoms with Crippen LogP contribution in [-0.4, -0.2) is 63.1 Å². The number of carbonyl (C=O) groups excluding carboxylic acids is 1. The minimum Gasteiger partial charge on any atom is -0.465 e. The van der Waals surface area contributed by atoms with Crippen molar-refractivity contribution in [1.82, 2.24) is 29.0 Å². The van der Waals surface area contributed by atoms with Crippen LogP contribution in [0.4, 0.5) is 0 Å². The second-order valence-electron chi connectivity index (χ2n) is 7.94. The van der Waals surface area contributed by atoms with E-state index in [-0.39, 0.29) is 36.6 Å². The molecule has 0 spiro atoms. The third-order valence-corrected chi connectivity index (χ3v) is 7.42. The van der Waals surface area contributed by atoms with E-state index in [0.717, 1.165) is 5.56 Å². The Bertz CT molecular complexity index is 1180. The van der Waals surface area contributed by atoms with Crippen LogP contribution in [0.3, 0.4) is 0 Å². The van der Waals surface area contributed by atoms with Crippen LogP contribution in [0.5, 0.6) is 0 Å². The highest BCUT2D eigenvalue weighted by Gasteiger charge is 2.34. The molecule has 3 aromatic rings. The minimum atomic E-state index is -3.66. The molecule has 4 rings (SSSR count). The summed E-state index contributed by atoms with van der Waals surface area (Å²) in [7, 11) is -1.91. The molecule has 1 saturated heterocycles. The number of imidazole rings is 1. The molecule has 0 N–H and O–H groups in total. The molecule has 0 atom stereocenters. The first-order valence-electron chi connectivity index (χ1n) is 10.7. The van der Waals surface area contributed by atoms with Crippen molar-refractivity contribution in [2.75, 3.05) is 19.7 Å². The number of piperidine rings is 1. The molecular formula is C21H26N6O5S. The van der Waals surface area contributed by atoms with Gasteiger partial charge >= 0.3 is 5.97 Å². The van der Waals surface area contributed by atoms with Crippen molar-refractivity contribution in [3.05, 3.63) is 42.4 Å². The topological polar surface area (TPSA) is 133 Å². The summed E-state index contributed by atoms with van der Waals surface area (Å²) in [6, 6.07) is 3.64. The normalized spacial score (nSPS) is 15.6. The molecule has 33 heavy (non-hydrogen) atoms. The third kappa shape index (κ3) is 5.28. The number of hydrogen-bond acceptors (Lipinski definition) is 9. The summed E-state index contributed by atoms with van der Waals surface area (Å²) in [5, 5.41) is 3.97. The molecule has 0 aromatic carbocycles. The maximum Gasteiger partial charge on any atom is 0.309 e. The monoisotopic (exact) mass is 474 g/mol. The van der Waals surface area contributed by atoms with Gasteiger partial charge in [0.25, 0.3) is 10.0 Å². The zero-order valence-electron chi connectivity index (χ0n) is 18.5. The summed E-state index contributed by atoms with van der Waals surface area (Å²) >= 11 is 0. The van der Waals surface area contributed by atoms with Crippen LogP contribution < -0.4 is 0 Å². The molecule has 11 nitrogen and oxygen atoms in total. The largest absolute Gasteiger partial charge is 0.465 e. The average Bonchev–Trinajstić information content (AvgIpc) is 3.44. The van der Waals surface area contributed by atoms with Crippen molar-refractivity contribution < 1.29 is 22.5 Å². The first kappa shape index (κ1) is 23.1. The maximum absolute atomic E-state index is 12.8. The van der Waals surface area contributed by atoms with Crippen molar-refractivity contribution in [2.24, 2.45) is 13.0 Å². The van der Waals surface area contributed by atoms with Crippen molar-refractivity contribution in [1.29, 1.82) is 0 Å². The third-order valence-electron chi connectivity index (χ3n) is 5.65. The van der Waals surface area contributed by atoms with Gasteiger partial charge in [-0.15, -0.1) is 0 Å². The van der Waals surface area contributed by atoms with Crippen molar-refractivity contribution in [3.63, 3.8) is 0 Å². The number of pyridine rings is 1. The lowest BCUT2D eigenvalue weighted by Gasteiger charge is -2.29. The standard InChI is InChI=1S/C21H26N6O5S/c1-15-23-19(14-26(15)2)33(29,30)27-10-7-16(8-11-27)21(28)31-12-4-6-18-24-20(25-32-18)17-5-3-9-22-13-17/h3,5,9,13-14,16H,4,6-8,10-12H2,1-2H3. The molecule has 3 aromatic heterocycles. The van der Waals surface area contributed by atoms with E-state index in [2.05, 4.69) is 20.1 Å². The van der Waals surface area contributed by atoms with E-state index in [0.29, 0.717) is 43.2 Å². The molecule has 0 radical (unpaired) electrons. The first-order chi connectivity index (χ1) is 15.8. The van der Waals surface area contributed by atoms with Gasteiger partial charge in [-0.05, 0) is 38.3 Å². The zero-order chi connectivity index (χ0) is 23.4. The van der Waals surface area contributed by atoms with Crippen molar-refractivity contribution >= 4 is 16.0 Å². The number of rotatable bonds is 8. The maximum atomic E-state index is 12.8. The second-order valence-corrected chi connectivity index (χ2v) is 9.82. The molecule has 176 valence electrons. The Morgan fingerprint density at radius 1 is 1.27 bits per heavy atom. The van der Waals surface area contributed by atoms with Gasteiger partial charge < -0.3 is 13.8 Å². The molecule has 0 bridgehead atoms. The summed E-state index contributed by atoms with van der Waals surface area (Å²) in [6.07, 6.45) is 6.71. The van der Waals surface area contributed by atoms with Gasteiger partial charge in [0.15, 0.2) is 5.03 Å². The molecule has 0 saturated carbocycles. The Morgan fingerprint density at radius 2 is 2.06 bits per heavy atom. The number of carbonyl (C=O) groups is 1. The lowest BCUT2D eigenvalue weighted by atomic mass is 9.98. The van der Waals surface area contributed by atoms with Gasteiger partial charge in [-0.3, -0.25) is 9.78 Å². The van der Waals surface area contributed by atoms with Gasteiger partial charge in [-0.25, -0.2) is 13.4 Å². The Morgan fingerprint density at radius 3 is 2.73 bits per heavy atom. The van der Waals surface area contributed by atoms with E-state index in [9.17, 15) is 13.2 Å². The van der Waals surface area contributed by atoms with Crippen LogP contribution >= 0.6 is 0 Å². The fourth-order valence-electron chi connectivity index (χ4n) is 3.60. The highest BCUT2D eigenvalue weighted by atomic mass is 32.2. The molecule has 0 aliphatic carbocycles. The Hall–Kier alpha value is -3.12. The predicted octanol–water partition coefficient (Wildman–Crippen LogP) is 1.75. The van der Waals surface area contributed by atoms with E-state index >= 15 is 0 Å². The van der Waals surface area contributed by atoms with E-state index < -0.39 is 10.0 Å². The van der Waals surface area contributed by atoms with E-state index in [1.54, 1.807) is 37.0 Å². The summed E-state index contributed by atoms with van der Waals surface area (Å²) in [5.41, 5.74) is 0.769. The molecule has 1 fully saturated rings.